The molecule has 1 fully saturated rings. The van der Waals surface area contributed by atoms with Gasteiger partial charge < -0.3 is 9.84 Å². The van der Waals surface area contributed by atoms with Gasteiger partial charge in [-0.1, -0.05) is 35.9 Å². The topological polar surface area (TPSA) is 66.8 Å². The highest BCUT2D eigenvalue weighted by Crippen LogP contribution is 2.21. The molecule has 0 spiro atoms. The van der Waals surface area contributed by atoms with E-state index in [1.165, 1.54) is 11.1 Å². The minimum absolute atomic E-state index is 0.0717. The van der Waals surface area contributed by atoms with E-state index in [9.17, 15) is 13.5 Å². The van der Waals surface area contributed by atoms with Crippen LogP contribution in [0.1, 0.15) is 28.7 Å². The number of aryl methyl sites for hydroxylation is 3. The second-order valence-electron chi connectivity index (χ2n) is 8.18. The van der Waals surface area contributed by atoms with E-state index in [4.69, 9.17) is 4.74 Å². The Morgan fingerprint density at radius 2 is 1.83 bits per heavy atom. The lowest BCUT2D eigenvalue weighted by molar-refractivity contribution is 0.0524. The first-order chi connectivity index (χ1) is 13.7. The van der Waals surface area contributed by atoms with Gasteiger partial charge in [0.25, 0.3) is 0 Å². The fourth-order valence-electron chi connectivity index (χ4n) is 3.65. The summed E-state index contributed by atoms with van der Waals surface area (Å²) < 4.78 is 29.7. The average Bonchev–Trinajstić information content (AvgIpc) is 3.04. The van der Waals surface area contributed by atoms with E-state index < -0.39 is 15.9 Å². The van der Waals surface area contributed by atoms with Crippen molar-refractivity contribution >= 4 is 9.84 Å². The molecule has 0 aliphatic carbocycles. The van der Waals surface area contributed by atoms with Gasteiger partial charge in [-0.3, -0.25) is 4.90 Å². The molecule has 0 amide bonds. The molecule has 158 valence electrons. The van der Waals surface area contributed by atoms with Gasteiger partial charge >= 0.3 is 0 Å². The standard InChI is InChI=1S/C23H31NO4S/c1-17-4-7-20(8-5-17)13-24(21-10-11-29(26,27)16-21)14-22(25)15-28-23-9-6-18(2)19(3)12-23/h4-9,12,21-22,25H,10-11,13-16H2,1-3H3. The number of aliphatic hydroxyl groups excluding tert-OH is 1. The van der Waals surface area contributed by atoms with Crippen molar-refractivity contribution in [2.75, 3.05) is 24.7 Å². The van der Waals surface area contributed by atoms with Crippen LogP contribution in [0.25, 0.3) is 0 Å². The van der Waals surface area contributed by atoms with E-state index >= 15 is 0 Å². The molecule has 2 aromatic carbocycles. The van der Waals surface area contributed by atoms with Crippen LogP contribution in [-0.4, -0.2) is 55.2 Å². The lowest BCUT2D eigenvalue weighted by atomic mass is 10.1. The third-order valence-corrected chi connectivity index (χ3v) is 7.35. The SMILES string of the molecule is Cc1ccc(CN(CC(O)COc2ccc(C)c(C)c2)C2CCS(=O)(=O)C2)cc1. The molecule has 1 aliphatic heterocycles. The predicted octanol–water partition coefficient (Wildman–Crippen LogP) is 3.04. The molecule has 29 heavy (non-hydrogen) atoms. The summed E-state index contributed by atoms with van der Waals surface area (Å²) in [4.78, 5) is 2.09. The molecule has 0 bridgehead atoms. The maximum atomic E-state index is 12.0. The number of rotatable bonds is 8. The third kappa shape index (κ3) is 6.29. The molecule has 6 heteroatoms. The van der Waals surface area contributed by atoms with Crippen molar-refractivity contribution in [1.29, 1.82) is 0 Å². The van der Waals surface area contributed by atoms with Crippen LogP contribution in [0.3, 0.4) is 0 Å². The van der Waals surface area contributed by atoms with Crippen LogP contribution in [0.15, 0.2) is 42.5 Å². The fraction of sp³-hybridized carbons (Fsp3) is 0.478. The Bertz CT molecular complexity index is 924. The van der Waals surface area contributed by atoms with Gasteiger partial charge in [-0.2, -0.15) is 0 Å². The van der Waals surface area contributed by atoms with E-state index in [-0.39, 0.29) is 24.2 Å². The zero-order valence-corrected chi connectivity index (χ0v) is 18.3. The Morgan fingerprint density at radius 1 is 1.10 bits per heavy atom. The highest BCUT2D eigenvalue weighted by molar-refractivity contribution is 7.91. The second-order valence-corrected chi connectivity index (χ2v) is 10.4. The first-order valence-corrected chi connectivity index (χ1v) is 11.9. The summed E-state index contributed by atoms with van der Waals surface area (Å²) in [6.45, 7) is 7.28. The van der Waals surface area contributed by atoms with E-state index in [1.807, 2.05) is 39.0 Å². The highest BCUT2D eigenvalue weighted by atomic mass is 32.2. The van der Waals surface area contributed by atoms with Crippen molar-refractivity contribution < 1.29 is 18.3 Å². The Morgan fingerprint density at radius 3 is 2.45 bits per heavy atom. The van der Waals surface area contributed by atoms with Gasteiger partial charge in [0.1, 0.15) is 18.5 Å². The van der Waals surface area contributed by atoms with E-state index in [0.717, 1.165) is 16.9 Å². The molecule has 1 N–H and O–H groups in total. The van der Waals surface area contributed by atoms with Crippen LogP contribution in [0.5, 0.6) is 5.75 Å². The van der Waals surface area contributed by atoms with Crippen molar-refractivity contribution in [3.8, 4) is 5.75 Å². The molecule has 5 nitrogen and oxygen atoms in total. The molecule has 1 aliphatic rings. The van der Waals surface area contributed by atoms with Crippen LogP contribution in [0.2, 0.25) is 0 Å². The molecule has 2 aromatic rings. The molecule has 0 saturated carbocycles. The van der Waals surface area contributed by atoms with Gasteiger partial charge in [-0.15, -0.1) is 0 Å². The molecular formula is C23H31NO4S. The number of sulfone groups is 1. The molecule has 0 aromatic heterocycles. The minimum Gasteiger partial charge on any atom is -0.491 e. The van der Waals surface area contributed by atoms with Crippen LogP contribution in [-0.2, 0) is 16.4 Å². The zero-order chi connectivity index (χ0) is 21.0. The Hall–Kier alpha value is -1.89. The molecule has 3 rings (SSSR count). The van der Waals surface area contributed by atoms with E-state index in [0.29, 0.717) is 19.5 Å². The Balaban J connectivity index is 1.64. The maximum Gasteiger partial charge on any atom is 0.151 e. The van der Waals surface area contributed by atoms with Crippen molar-refractivity contribution in [3.63, 3.8) is 0 Å². The number of hydrogen-bond acceptors (Lipinski definition) is 5. The zero-order valence-electron chi connectivity index (χ0n) is 17.5. The van der Waals surface area contributed by atoms with Crippen molar-refractivity contribution in [2.45, 2.75) is 45.9 Å². The molecule has 0 radical (unpaired) electrons. The Labute approximate surface area is 174 Å². The maximum absolute atomic E-state index is 12.0. The van der Waals surface area contributed by atoms with Gasteiger partial charge in [0.2, 0.25) is 0 Å². The first kappa shape index (κ1) is 21.8. The number of hydrogen-bond donors (Lipinski definition) is 1. The summed E-state index contributed by atoms with van der Waals surface area (Å²) in [5, 5.41) is 10.6. The summed E-state index contributed by atoms with van der Waals surface area (Å²) in [7, 11) is -2.99. The number of aliphatic hydroxyl groups is 1. The number of ether oxygens (including phenoxy) is 1. The molecule has 1 heterocycles. The quantitative estimate of drug-likeness (QED) is 0.715. The number of benzene rings is 2. The summed E-state index contributed by atoms with van der Waals surface area (Å²) in [6.07, 6.45) is -0.0933. The Kier molecular flexibility index (Phi) is 6.98. The minimum atomic E-state index is -2.99. The second kappa shape index (κ2) is 9.28. The molecule has 1 saturated heterocycles. The molecule has 2 atom stereocenters. The van der Waals surface area contributed by atoms with Crippen molar-refractivity contribution in [1.82, 2.24) is 4.90 Å². The fourth-order valence-corrected chi connectivity index (χ4v) is 5.42. The molecule has 2 unspecified atom stereocenters. The van der Waals surface area contributed by atoms with E-state index in [1.54, 1.807) is 0 Å². The van der Waals surface area contributed by atoms with Crippen LogP contribution in [0, 0.1) is 20.8 Å². The largest absolute Gasteiger partial charge is 0.491 e. The van der Waals surface area contributed by atoms with Gasteiger partial charge in [-0.25, -0.2) is 8.42 Å². The van der Waals surface area contributed by atoms with Crippen LogP contribution in [0.4, 0.5) is 0 Å². The van der Waals surface area contributed by atoms with Crippen molar-refractivity contribution in [3.05, 3.63) is 64.7 Å². The summed E-state index contributed by atoms with van der Waals surface area (Å²) in [5.74, 6) is 1.11. The molecular weight excluding hydrogens is 386 g/mol. The smallest absolute Gasteiger partial charge is 0.151 e. The van der Waals surface area contributed by atoms with Gasteiger partial charge in [0.15, 0.2) is 9.84 Å². The van der Waals surface area contributed by atoms with E-state index in [2.05, 4.69) is 29.2 Å². The van der Waals surface area contributed by atoms with Crippen LogP contribution < -0.4 is 4.74 Å². The van der Waals surface area contributed by atoms with Gasteiger partial charge in [0, 0.05) is 19.1 Å². The lowest BCUT2D eigenvalue weighted by Gasteiger charge is -2.30. The van der Waals surface area contributed by atoms with Gasteiger partial charge in [-0.05, 0) is 56.0 Å². The first-order valence-electron chi connectivity index (χ1n) is 10.1. The normalized spacial score (nSPS) is 19.4. The highest BCUT2D eigenvalue weighted by Gasteiger charge is 2.33. The van der Waals surface area contributed by atoms with Gasteiger partial charge in [0.05, 0.1) is 11.5 Å². The van der Waals surface area contributed by atoms with Crippen molar-refractivity contribution in [2.24, 2.45) is 0 Å². The summed E-state index contributed by atoms with van der Waals surface area (Å²) in [6, 6.07) is 14.0. The summed E-state index contributed by atoms with van der Waals surface area (Å²) >= 11 is 0. The van der Waals surface area contributed by atoms with Crippen LogP contribution >= 0.6 is 0 Å². The summed E-state index contributed by atoms with van der Waals surface area (Å²) in [5.41, 5.74) is 4.64. The average molecular weight is 418 g/mol. The lowest BCUT2D eigenvalue weighted by Crippen LogP contribution is -2.42. The predicted molar refractivity (Wildman–Crippen MR) is 116 cm³/mol. The monoisotopic (exact) mass is 417 g/mol. The number of nitrogens with zero attached hydrogens (tertiary/aromatic N) is 1. The third-order valence-electron chi connectivity index (χ3n) is 5.60.